The Balaban J connectivity index is 2.64. The summed E-state index contributed by atoms with van der Waals surface area (Å²) in [6, 6.07) is 2.01. The maximum absolute atomic E-state index is 10.5. The quantitative estimate of drug-likeness (QED) is 0.869. The van der Waals surface area contributed by atoms with E-state index >= 15 is 0 Å². The highest BCUT2D eigenvalue weighted by Crippen LogP contribution is 2.48. The minimum Gasteiger partial charge on any atom is -0.507 e. The van der Waals surface area contributed by atoms with Crippen molar-refractivity contribution in [2.75, 3.05) is 0 Å². The highest BCUT2D eigenvalue weighted by atomic mass is 79.9. The minimum atomic E-state index is -0.318. The average Bonchev–Trinajstić information content (AvgIpc) is 2.20. The molecule has 1 aliphatic rings. The van der Waals surface area contributed by atoms with Crippen LogP contribution >= 0.6 is 15.9 Å². The molecule has 3 heteroatoms. The lowest BCUT2D eigenvalue weighted by Gasteiger charge is -2.40. The van der Waals surface area contributed by atoms with Crippen molar-refractivity contribution in [3.05, 3.63) is 27.2 Å². The minimum absolute atomic E-state index is 0.300. The van der Waals surface area contributed by atoms with Gasteiger partial charge in [0.1, 0.15) is 5.75 Å². The molecule has 0 bridgehead atoms. The van der Waals surface area contributed by atoms with Crippen LogP contribution in [0.4, 0.5) is 0 Å². The Morgan fingerprint density at radius 3 is 2.41 bits per heavy atom. The van der Waals surface area contributed by atoms with Gasteiger partial charge in [-0.2, -0.15) is 0 Å². The van der Waals surface area contributed by atoms with E-state index in [-0.39, 0.29) is 5.54 Å². The summed E-state index contributed by atoms with van der Waals surface area (Å²) in [7, 11) is 0. The third kappa shape index (κ3) is 2.00. The number of hydrogen-bond donors (Lipinski definition) is 2. The normalized spacial score (nSPS) is 18.2. The first-order chi connectivity index (χ1) is 7.87. The first-order valence-corrected chi connectivity index (χ1v) is 6.97. The van der Waals surface area contributed by atoms with Gasteiger partial charge in [-0.3, -0.25) is 0 Å². The highest BCUT2D eigenvalue weighted by molar-refractivity contribution is 9.10. The molecule has 0 unspecified atom stereocenters. The fraction of sp³-hybridized carbons (Fsp3) is 0.571. The number of phenols is 1. The molecule has 0 spiro atoms. The Morgan fingerprint density at radius 2 is 2.00 bits per heavy atom. The molecule has 0 aromatic heterocycles. The number of nitrogens with two attached hydrogens (primary N) is 1. The van der Waals surface area contributed by atoms with Crippen molar-refractivity contribution in [1.29, 1.82) is 0 Å². The summed E-state index contributed by atoms with van der Waals surface area (Å²) >= 11 is 3.58. The van der Waals surface area contributed by atoms with E-state index in [1.54, 1.807) is 0 Å². The van der Waals surface area contributed by atoms with Crippen LogP contribution < -0.4 is 5.73 Å². The molecule has 1 fully saturated rings. The zero-order valence-electron chi connectivity index (χ0n) is 10.7. The van der Waals surface area contributed by atoms with Crippen LogP contribution in [0.1, 0.15) is 55.7 Å². The van der Waals surface area contributed by atoms with Gasteiger partial charge in [0.25, 0.3) is 0 Å². The second kappa shape index (κ2) is 4.29. The molecule has 0 heterocycles. The average molecular weight is 298 g/mol. The Hall–Kier alpha value is -0.540. The van der Waals surface area contributed by atoms with E-state index in [9.17, 15) is 5.11 Å². The van der Waals surface area contributed by atoms with Crippen LogP contribution in [0.2, 0.25) is 0 Å². The maximum atomic E-state index is 10.5. The molecule has 17 heavy (non-hydrogen) atoms. The maximum Gasteiger partial charge on any atom is 0.124 e. The molecule has 0 atom stereocenters. The van der Waals surface area contributed by atoms with Gasteiger partial charge in [0.05, 0.1) is 0 Å². The van der Waals surface area contributed by atoms with Gasteiger partial charge in [0.2, 0.25) is 0 Å². The lowest BCUT2D eigenvalue weighted by atomic mass is 9.70. The van der Waals surface area contributed by atoms with Gasteiger partial charge in [-0.1, -0.05) is 29.8 Å². The Morgan fingerprint density at radius 1 is 1.41 bits per heavy atom. The predicted octanol–water partition coefficient (Wildman–Crippen LogP) is 3.92. The fourth-order valence-electron chi connectivity index (χ4n) is 2.61. The van der Waals surface area contributed by atoms with Crippen molar-refractivity contribution < 1.29 is 5.11 Å². The summed E-state index contributed by atoms with van der Waals surface area (Å²) in [4.78, 5) is 0. The van der Waals surface area contributed by atoms with Crippen LogP contribution in [-0.4, -0.2) is 5.11 Å². The molecule has 94 valence electrons. The lowest BCUT2D eigenvalue weighted by Crippen LogP contribution is -2.44. The molecule has 0 saturated heterocycles. The number of hydrogen-bond acceptors (Lipinski definition) is 2. The number of phenolic OH excluding ortho intramolecular Hbond substituents is 1. The molecule has 3 N–H and O–H groups in total. The summed E-state index contributed by atoms with van der Waals surface area (Å²) in [5.41, 5.74) is 9.07. The third-order valence-corrected chi connectivity index (χ3v) is 4.72. The Bertz CT molecular complexity index is 450. The highest BCUT2D eigenvalue weighted by Gasteiger charge is 2.39. The molecule has 0 aliphatic heterocycles. The van der Waals surface area contributed by atoms with Gasteiger partial charge in [-0.05, 0) is 49.3 Å². The summed E-state index contributed by atoms with van der Waals surface area (Å²) in [5.74, 6) is 0.706. The van der Waals surface area contributed by atoms with Gasteiger partial charge >= 0.3 is 0 Å². The Kier molecular flexibility index (Phi) is 3.25. The molecule has 2 rings (SSSR count). The van der Waals surface area contributed by atoms with Gasteiger partial charge in [-0.25, -0.2) is 0 Å². The van der Waals surface area contributed by atoms with E-state index < -0.39 is 0 Å². The second-order valence-electron chi connectivity index (χ2n) is 5.46. The predicted molar refractivity (Wildman–Crippen MR) is 74.3 cm³/mol. The molecule has 0 amide bonds. The molecule has 1 aromatic carbocycles. The SMILES string of the molecule is Cc1c(Br)cc(C(C)C)c(O)c1C1(N)CCC1. The van der Waals surface area contributed by atoms with Gasteiger partial charge in [-0.15, -0.1) is 0 Å². The Labute approximate surface area is 111 Å². The summed E-state index contributed by atoms with van der Waals surface area (Å²) < 4.78 is 1.05. The van der Waals surface area contributed by atoms with Crippen LogP contribution in [-0.2, 0) is 5.54 Å². The van der Waals surface area contributed by atoms with Crippen LogP contribution in [0.5, 0.6) is 5.75 Å². The monoisotopic (exact) mass is 297 g/mol. The molecule has 1 saturated carbocycles. The van der Waals surface area contributed by atoms with E-state index in [4.69, 9.17) is 5.73 Å². The standard InChI is InChI=1S/C14H20BrNO/c1-8(2)10-7-11(15)9(3)12(13(10)17)14(16)5-4-6-14/h7-8,17H,4-6,16H2,1-3H3. The second-order valence-corrected chi connectivity index (χ2v) is 6.31. The topological polar surface area (TPSA) is 46.2 Å². The lowest BCUT2D eigenvalue weighted by molar-refractivity contribution is 0.243. The van der Waals surface area contributed by atoms with E-state index in [0.29, 0.717) is 11.7 Å². The molecular formula is C14H20BrNO. The van der Waals surface area contributed by atoms with E-state index in [0.717, 1.165) is 40.4 Å². The van der Waals surface area contributed by atoms with Crippen molar-refractivity contribution in [2.24, 2.45) is 5.73 Å². The molecule has 1 aromatic rings. The molecule has 0 radical (unpaired) electrons. The number of rotatable bonds is 2. The summed E-state index contributed by atoms with van der Waals surface area (Å²) in [5, 5.41) is 10.5. The van der Waals surface area contributed by atoms with Crippen molar-refractivity contribution in [2.45, 2.75) is 51.5 Å². The van der Waals surface area contributed by atoms with Crippen LogP contribution in [0, 0.1) is 6.92 Å². The summed E-state index contributed by atoms with van der Waals surface area (Å²) in [6.07, 6.45) is 3.09. The van der Waals surface area contributed by atoms with Crippen LogP contribution in [0.3, 0.4) is 0 Å². The first-order valence-electron chi connectivity index (χ1n) is 6.18. The number of aromatic hydroxyl groups is 1. The van der Waals surface area contributed by atoms with E-state index in [1.165, 1.54) is 0 Å². The van der Waals surface area contributed by atoms with E-state index in [1.807, 2.05) is 13.0 Å². The van der Waals surface area contributed by atoms with Crippen molar-refractivity contribution in [3.63, 3.8) is 0 Å². The number of benzene rings is 1. The molecule has 2 nitrogen and oxygen atoms in total. The van der Waals surface area contributed by atoms with Gasteiger partial charge in [0.15, 0.2) is 0 Å². The summed E-state index contributed by atoms with van der Waals surface area (Å²) in [6.45, 7) is 6.20. The zero-order valence-corrected chi connectivity index (χ0v) is 12.3. The van der Waals surface area contributed by atoms with Crippen LogP contribution in [0.25, 0.3) is 0 Å². The van der Waals surface area contributed by atoms with Gasteiger partial charge < -0.3 is 10.8 Å². The third-order valence-electron chi connectivity index (χ3n) is 3.89. The van der Waals surface area contributed by atoms with Gasteiger partial charge in [0, 0.05) is 15.6 Å². The molecular weight excluding hydrogens is 278 g/mol. The zero-order chi connectivity index (χ0) is 12.8. The number of halogens is 1. The van der Waals surface area contributed by atoms with E-state index in [2.05, 4.69) is 29.8 Å². The van der Waals surface area contributed by atoms with Crippen LogP contribution in [0.15, 0.2) is 10.5 Å². The van der Waals surface area contributed by atoms with Crippen molar-refractivity contribution in [1.82, 2.24) is 0 Å². The smallest absolute Gasteiger partial charge is 0.124 e. The fourth-order valence-corrected chi connectivity index (χ4v) is 3.06. The first kappa shape index (κ1) is 12.9. The van der Waals surface area contributed by atoms with Crippen molar-refractivity contribution in [3.8, 4) is 5.75 Å². The molecule has 1 aliphatic carbocycles. The largest absolute Gasteiger partial charge is 0.507 e. The van der Waals surface area contributed by atoms with Crippen molar-refractivity contribution >= 4 is 15.9 Å².